The first-order chi connectivity index (χ1) is 28.7. The Morgan fingerprint density at radius 3 is 1.40 bits per heavy atom. The van der Waals surface area contributed by atoms with Crippen molar-refractivity contribution < 1.29 is 9.60 Å². The number of fused-ring (bicyclic) bond motifs is 4. The van der Waals surface area contributed by atoms with Crippen molar-refractivity contribution in [2.75, 3.05) is 0 Å². The van der Waals surface area contributed by atoms with E-state index in [9.17, 15) is 6.85 Å². The van der Waals surface area contributed by atoms with Gasteiger partial charge in [-0.3, -0.25) is 0 Å². The van der Waals surface area contributed by atoms with Gasteiger partial charge in [-0.25, -0.2) is 0 Å². The fraction of sp³-hybridized carbons (Fsp3) is 0. The van der Waals surface area contributed by atoms with Crippen molar-refractivity contribution in [2.24, 2.45) is 0 Å². The molecule has 0 atom stereocenters. The lowest BCUT2D eigenvalue weighted by molar-refractivity contribution is 1.58. The van der Waals surface area contributed by atoms with E-state index in [1.165, 1.54) is 0 Å². The molecule has 0 bridgehead atoms. The van der Waals surface area contributed by atoms with Crippen LogP contribution >= 0.6 is 0 Å². The maximum absolute atomic E-state index is 10.1. The highest BCUT2D eigenvalue weighted by molar-refractivity contribution is 6.22. The molecule has 0 heterocycles. The summed E-state index contributed by atoms with van der Waals surface area (Å²) in [5.74, 6) is 0. The van der Waals surface area contributed by atoms with Crippen LogP contribution in [0.3, 0.4) is 0 Å². The van der Waals surface area contributed by atoms with E-state index >= 15 is 0 Å². The third-order valence-electron chi connectivity index (χ3n) is 10.1. The van der Waals surface area contributed by atoms with Crippen LogP contribution in [0, 0.1) is 0 Å². The lowest BCUT2D eigenvalue weighted by atomic mass is 9.84. The third kappa shape index (κ3) is 5.25. The van der Waals surface area contributed by atoms with E-state index in [1.807, 2.05) is 127 Å². The van der Waals surface area contributed by atoms with Crippen LogP contribution < -0.4 is 0 Å². The van der Waals surface area contributed by atoms with Crippen molar-refractivity contribution in [1.29, 1.82) is 0 Å². The normalized spacial score (nSPS) is 13.3. The monoisotopic (exact) mass is 665 g/mol. The predicted octanol–water partition coefficient (Wildman–Crippen LogP) is 14.6. The van der Waals surface area contributed by atoms with Crippen LogP contribution in [0.25, 0.3) is 98.7 Å². The molecule has 52 heavy (non-hydrogen) atoms. The molecule has 0 spiro atoms. The summed E-state index contributed by atoms with van der Waals surface area (Å²) < 4.78 is 66.4. The maximum Gasteiger partial charge on any atom is 0.0636 e. The molecule has 0 saturated carbocycles. The van der Waals surface area contributed by atoms with Gasteiger partial charge < -0.3 is 0 Å². The highest BCUT2D eigenvalue weighted by Crippen LogP contribution is 2.46. The van der Waals surface area contributed by atoms with E-state index < -0.39 is 6.04 Å². The van der Waals surface area contributed by atoms with Crippen molar-refractivity contribution >= 4 is 43.1 Å². The Hall–Kier alpha value is -6.76. The third-order valence-corrected chi connectivity index (χ3v) is 10.1. The summed E-state index contributed by atoms with van der Waals surface area (Å²) >= 11 is 0. The second kappa shape index (κ2) is 12.5. The zero-order valence-corrected chi connectivity index (χ0v) is 28.1. The van der Waals surface area contributed by atoms with E-state index in [-0.39, 0.29) is 52.6 Å². The van der Waals surface area contributed by atoms with Gasteiger partial charge in [-0.15, -0.1) is 0 Å². The summed E-state index contributed by atoms with van der Waals surface area (Å²) in [6.07, 6.45) is 0. The Kier molecular flexibility index (Phi) is 5.69. The van der Waals surface area contributed by atoms with Crippen LogP contribution in [-0.4, -0.2) is 0 Å². The van der Waals surface area contributed by atoms with Crippen LogP contribution in [0.5, 0.6) is 0 Å². The van der Waals surface area contributed by atoms with E-state index in [0.29, 0.717) is 38.6 Å². The standard InChI is InChI=1S/C52H34/c1-2-11-35(12-3-1)38-21-23-39(24-22-38)42-17-10-18-45(32-42)51-47-19-8-9-20-48(47)52(46-28-26-37-14-5-7-16-41(37)33-46)50-34-44(29-30-49(50)51)43-27-25-36-13-4-6-15-40(36)31-43/h1-34H/i8D,9D,19D,20D,29D,30D,34D. The van der Waals surface area contributed by atoms with Gasteiger partial charge in [-0.1, -0.05) is 182 Å². The van der Waals surface area contributed by atoms with Crippen LogP contribution in [-0.2, 0) is 0 Å². The van der Waals surface area contributed by atoms with Gasteiger partial charge in [0.1, 0.15) is 0 Å². The first-order valence-corrected chi connectivity index (χ1v) is 17.4. The molecule has 242 valence electrons. The number of benzene rings is 10. The molecule has 0 aliphatic heterocycles. The van der Waals surface area contributed by atoms with E-state index in [4.69, 9.17) is 2.74 Å². The van der Waals surface area contributed by atoms with Crippen LogP contribution in [0.15, 0.2) is 206 Å². The van der Waals surface area contributed by atoms with Gasteiger partial charge >= 0.3 is 0 Å². The van der Waals surface area contributed by atoms with Crippen LogP contribution in [0.1, 0.15) is 9.60 Å². The van der Waals surface area contributed by atoms with Crippen LogP contribution in [0.4, 0.5) is 0 Å². The molecule has 0 saturated heterocycles. The van der Waals surface area contributed by atoms with Gasteiger partial charge in [-0.05, 0) is 123 Å². The highest BCUT2D eigenvalue weighted by Gasteiger charge is 2.18. The van der Waals surface area contributed by atoms with Crippen molar-refractivity contribution in [1.82, 2.24) is 0 Å². The molecule has 10 rings (SSSR count). The lowest BCUT2D eigenvalue weighted by Gasteiger charge is -2.19. The first-order valence-electron chi connectivity index (χ1n) is 20.9. The minimum atomic E-state index is -0.392. The molecule has 0 aliphatic carbocycles. The summed E-state index contributed by atoms with van der Waals surface area (Å²) in [4.78, 5) is 0. The molecule has 0 N–H and O–H groups in total. The molecular weight excluding hydrogens is 625 g/mol. The number of hydrogen-bond donors (Lipinski definition) is 0. The molecular formula is C52H34. The molecule has 0 heteroatoms. The van der Waals surface area contributed by atoms with Crippen molar-refractivity contribution in [2.45, 2.75) is 0 Å². The molecule has 0 unspecified atom stereocenters. The topological polar surface area (TPSA) is 0 Å². The highest BCUT2D eigenvalue weighted by atomic mass is 14.2. The molecule has 0 fully saturated rings. The summed E-state index contributed by atoms with van der Waals surface area (Å²) in [6.45, 7) is 0. The second-order valence-electron chi connectivity index (χ2n) is 13.1. The number of rotatable bonds is 5. The van der Waals surface area contributed by atoms with Gasteiger partial charge in [0.25, 0.3) is 0 Å². The predicted molar refractivity (Wildman–Crippen MR) is 224 cm³/mol. The molecule has 0 aliphatic rings. The van der Waals surface area contributed by atoms with E-state index in [2.05, 4.69) is 36.4 Å². The molecule has 10 aromatic rings. The Morgan fingerprint density at radius 1 is 0.269 bits per heavy atom. The average Bonchev–Trinajstić information content (AvgIpc) is 3.28. The summed E-state index contributed by atoms with van der Waals surface area (Å²) in [5.41, 5.74) is 7.01. The van der Waals surface area contributed by atoms with Gasteiger partial charge in [0.15, 0.2) is 0 Å². The van der Waals surface area contributed by atoms with Gasteiger partial charge in [0.05, 0.1) is 9.60 Å². The molecule has 10 aromatic carbocycles. The Balaban J connectivity index is 1.34. The van der Waals surface area contributed by atoms with Crippen molar-refractivity contribution in [3.05, 3.63) is 206 Å². The Morgan fingerprint density at radius 2 is 0.712 bits per heavy atom. The van der Waals surface area contributed by atoms with E-state index in [0.717, 1.165) is 43.8 Å². The van der Waals surface area contributed by atoms with Gasteiger partial charge in [0.2, 0.25) is 0 Å². The van der Waals surface area contributed by atoms with Gasteiger partial charge in [0, 0.05) is 0 Å². The second-order valence-corrected chi connectivity index (χ2v) is 13.1. The molecule has 0 radical (unpaired) electrons. The fourth-order valence-electron chi connectivity index (χ4n) is 7.47. The summed E-state index contributed by atoms with van der Waals surface area (Å²) in [5, 5.41) is 5.03. The van der Waals surface area contributed by atoms with Crippen LogP contribution in [0.2, 0.25) is 0 Å². The lowest BCUT2D eigenvalue weighted by Crippen LogP contribution is -1.92. The quantitative estimate of drug-likeness (QED) is 0.161. The zero-order valence-electron chi connectivity index (χ0n) is 35.1. The molecule has 0 aromatic heterocycles. The maximum atomic E-state index is 10.1. The van der Waals surface area contributed by atoms with Crippen molar-refractivity contribution in [3.63, 3.8) is 0 Å². The summed E-state index contributed by atoms with van der Waals surface area (Å²) in [7, 11) is 0. The molecule has 0 nitrogen and oxygen atoms in total. The molecule has 0 amide bonds. The first kappa shape index (κ1) is 23.6. The average molecular weight is 666 g/mol. The van der Waals surface area contributed by atoms with Crippen molar-refractivity contribution in [3.8, 4) is 55.6 Å². The Labute approximate surface area is 313 Å². The van der Waals surface area contributed by atoms with Gasteiger partial charge in [-0.2, -0.15) is 0 Å². The minimum absolute atomic E-state index is 0.0163. The summed E-state index contributed by atoms with van der Waals surface area (Å²) in [6, 6.07) is 52.2. The SMILES string of the molecule is [2H]c1c([2H])c([2H])c2c(-c3ccc4ccccc4c3)c3c([2H])c(-c4ccc5ccccc5c4)c([2H])c([2H])c3c(-c3cccc(-c4ccc(-c5ccccc5)cc4)c3)c2c1[2H]. The smallest absolute Gasteiger partial charge is 0.0622 e. The minimum Gasteiger partial charge on any atom is -0.0622 e. The largest absolute Gasteiger partial charge is 0.0636 e. The Bertz CT molecular complexity index is 3340. The fourth-order valence-corrected chi connectivity index (χ4v) is 7.47. The number of hydrogen-bond acceptors (Lipinski definition) is 0. The zero-order chi connectivity index (χ0) is 40.5. The van der Waals surface area contributed by atoms with E-state index in [1.54, 1.807) is 0 Å².